The van der Waals surface area contributed by atoms with Crippen LogP contribution in [0, 0.1) is 30.6 Å². The summed E-state index contributed by atoms with van der Waals surface area (Å²) in [7, 11) is 0. The standard InChI is InChI=1S/C32H25NO7/c1-18-6-8-20(9-7-18)31(37)40-23-14-12-19(13-15-23)26(34)17-39-32(38)24-4-2-3-5-25(24)33-29(35)27-21-10-11-22(16-21)28(27)30(33)36/h2-15,21-22,27-28H,16-17H2,1H3. The summed E-state index contributed by atoms with van der Waals surface area (Å²) >= 11 is 0. The minimum Gasteiger partial charge on any atom is -0.454 e. The Morgan fingerprint density at radius 1 is 0.775 bits per heavy atom. The fourth-order valence-electron chi connectivity index (χ4n) is 5.84. The average molecular weight is 536 g/mol. The van der Waals surface area contributed by atoms with Gasteiger partial charge in [-0.3, -0.25) is 14.4 Å². The van der Waals surface area contributed by atoms with Crippen molar-refractivity contribution in [2.24, 2.45) is 23.7 Å². The Kier molecular flexibility index (Phi) is 6.38. The van der Waals surface area contributed by atoms with Gasteiger partial charge in [0.25, 0.3) is 0 Å². The maximum atomic E-state index is 13.2. The van der Waals surface area contributed by atoms with Gasteiger partial charge in [0.1, 0.15) is 5.75 Å². The molecule has 1 heterocycles. The first-order valence-corrected chi connectivity index (χ1v) is 13.1. The molecule has 4 atom stereocenters. The number of benzene rings is 3. The molecule has 200 valence electrons. The Labute approximate surface area is 230 Å². The van der Waals surface area contributed by atoms with Gasteiger partial charge in [-0.1, -0.05) is 42.0 Å². The topological polar surface area (TPSA) is 107 Å². The van der Waals surface area contributed by atoms with Crippen LogP contribution in [0.4, 0.5) is 5.69 Å². The van der Waals surface area contributed by atoms with Crippen molar-refractivity contribution < 1.29 is 33.4 Å². The normalized spacial score (nSPS) is 22.4. The van der Waals surface area contributed by atoms with Crippen LogP contribution in [0.25, 0.3) is 0 Å². The molecule has 6 rings (SSSR count). The molecule has 2 aliphatic carbocycles. The van der Waals surface area contributed by atoms with Crippen LogP contribution in [0.2, 0.25) is 0 Å². The fourth-order valence-corrected chi connectivity index (χ4v) is 5.84. The maximum Gasteiger partial charge on any atom is 0.343 e. The molecule has 3 aliphatic rings. The summed E-state index contributed by atoms with van der Waals surface area (Å²) in [5.74, 6) is -2.83. The molecule has 3 aromatic carbocycles. The van der Waals surface area contributed by atoms with Crippen molar-refractivity contribution in [1.82, 2.24) is 0 Å². The van der Waals surface area contributed by atoms with E-state index >= 15 is 0 Å². The number of aryl methyl sites for hydroxylation is 1. The van der Waals surface area contributed by atoms with Gasteiger partial charge in [0, 0.05) is 5.56 Å². The van der Waals surface area contributed by atoms with Crippen LogP contribution in [0.3, 0.4) is 0 Å². The highest BCUT2D eigenvalue weighted by Gasteiger charge is 2.59. The Bertz CT molecular complexity index is 1540. The van der Waals surface area contributed by atoms with E-state index in [9.17, 15) is 24.0 Å². The summed E-state index contributed by atoms with van der Waals surface area (Å²) < 4.78 is 10.6. The molecule has 4 unspecified atom stereocenters. The largest absolute Gasteiger partial charge is 0.454 e. The van der Waals surface area contributed by atoms with Gasteiger partial charge < -0.3 is 9.47 Å². The number of nitrogens with zero attached hydrogens (tertiary/aromatic N) is 1. The van der Waals surface area contributed by atoms with Crippen LogP contribution in [0.1, 0.15) is 43.1 Å². The Morgan fingerprint density at radius 2 is 1.38 bits per heavy atom. The number of carbonyl (C=O) groups is 5. The summed E-state index contributed by atoms with van der Waals surface area (Å²) in [6, 6.07) is 19.2. The first-order valence-electron chi connectivity index (χ1n) is 13.1. The monoisotopic (exact) mass is 535 g/mol. The Balaban J connectivity index is 1.10. The molecule has 0 aromatic heterocycles. The molecule has 2 bridgehead atoms. The number of esters is 2. The third-order valence-electron chi connectivity index (χ3n) is 7.84. The van der Waals surface area contributed by atoms with E-state index < -0.39 is 36.2 Å². The van der Waals surface area contributed by atoms with Gasteiger partial charge in [-0.05, 0) is 73.7 Å². The lowest BCUT2D eigenvalue weighted by Crippen LogP contribution is -2.34. The van der Waals surface area contributed by atoms with E-state index in [4.69, 9.17) is 9.47 Å². The predicted octanol–water partition coefficient (Wildman–Crippen LogP) is 4.57. The molecule has 0 N–H and O–H groups in total. The zero-order chi connectivity index (χ0) is 28.0. The van der Waals surface area contributed by atoms with E-state index in [0.29, 0.717) is 5.56 Å². The lowest BCUT2D eigenvalue weighted by Gasteiger charge is -2.19. The minimum atomic E-state index is -0.814. The first kappa shape index (κ1) is 25.4. The molecule has 8 nitrogen and oxygen atoms in total. The molecule has 2 fully saturated rings. The van der Waals surface area contributed by atoms with Crippen LogP contribution in [0.15, 0.2) is 84.9 Å². The Morgan fingerprint density at radius 3 is 2.02 bits per heavy atom. The summed E-state index contributed by atoms with van der Waals surface area (Å²) in [4.78, 5) is 65.6. The smallest absolute Gasteiger partial charge is 0.343 e. The van der Waals surface area contributed by atoms with E-state index in [1.807, 2.05) is 31.2 Å². The number of rotatable bonds is 7. The van der Waals surface area contributed by atoms with E-state index in [1.165, 1.54) is 30.3 Å². The first-order chi connectivity index (χ1) is 19.3. The van der Waals surface area contributed by atoms with Crippen LogP contribution in [-0.4, -0.2) is 36.1 Å². The van der Waals surface area contributed by atoms with Crippen molar-refractivity contribution in [1.29, 1.82) is 0 Å². The molecular formula is C32H25NO7. The predicted molar refractivity (Wildman–Crippen MR) is 144 cm³/mol. The number of fused-ring (bicyclic) bond motifs is 5. The fraction of sp³-hybridized carbons (Fsp3) is 0.219. The number of amides is 2. The zero-order valence-corrected chi connectivity index (χ0v) is 21.6. The van der Waals surface area contributed by atoms with Gasteiger partial charge in [0.2, 0.25) is 11.8 Å². The number of para-hydroxylation sites is 1. The van der Waals surface area contributed by atoms with E-state index in [1.54, 1.807) is 30.3 Å². The number of allylic oxidation sites excluding steroid dienone is 2. The number of hydrogen-bond donors (Lipinski definition) is 0. The molecule has 0 spiro atoms. The SMILES string of the molecule is Cc1ccc(C(=O)Oc2ccc(C(=O)COC(=O)c3ccccc3N3C(=O)C4C5C=CC(C5)C4C3=O)cc2)cc1. The van der Waals surface area contributed by atoms with E-state index in [-0.39, 0.29) is 46.2 Å². The van der Waals surface area contributed by atoms with Gasteiger partial charge in [0.15, 0.2) is 12.4 Å². The summed E-state index contributed by atoms with van der Waals surface area (Å²) in [5, 5.41) is 0. The van der Waals surface area contributed by atoms with Gasteiger partial charge in [-0.2, -0.15) is 0 Å². The third kappa shape index (κ3) is 4.41. The summed E-state index contributed by atoms with van der Waals surface area (Å²) in [6.07, 6.45) is 4.82. The molecule has 1 saturated heterocycles. The molecule has 8 heteroatoms. The van der Waals surface area contributed by atoms with Crippen molar-refractivity contribution in [3.63, 3.8) is 0 Å². The van der Waals surface area contributed by atoms with Gasteiger partial charge in [0.05, 0.1) is 28.7 Å². The van der Waals surface area contributed by atoms with Gasteiger partial charge in [-0.15, -0.1) is 0 Å². The minimum absolute atomic E-state index is 0.0376. The summed E-state index contributed by atoms with van der Waals surface area (Å²) in [5.41, 5.74) is 1.90. The van der Waals surface area contributed by atoms with Crippen molar-refractivity contribution in [2.45, 2.75) is 13.3 Å². The molecule has 2 amide bonds. The second kappa shape index (κ2) is 10.0. The second-order valence-electron chi connectivity index (χ2n) is 10.3. The molecule has 0 radical (unpaired) electrons. The number of ether oxygens (including phenoxy) is 2. The van der Waals surface area contributed by atoms with Crippen LogP contribution in [-0.2, 0) is 14.3 Å². The third-order valence-corrected chi connectivity index (χ3v) is 7.84. The van der Waals surface area contributed by atoms with Crippen molar-refractivity contribution >= 4 is 35.2 Å². The zero-order valence-electron chi connectivity index (χ0n) is 21.6. The highest BCUT2D eigenvalue weighted by molar-refractivity contribution is 6.24. The molecule has 3 aromatic rings. The average Bonchev–Trinajstić information content (AvgIpc) is 3.65. The molecular weight excluding hydrogens is 510 g/mol. The number of hydrogen-bond acceptors (Lipinski definition) is 7. The van der Waals surface area contributed by atoms with Crippen molar-refractivity contribution in [3.05, 3.63) is 107 Å². The number of anilines is 1. The number of imide groups is 1. The lowest BCUT2D eigenvalue weighted by atomic mass is 9.85. The number of carbonyl (C=O) groups excluding carboxylic acids is 5. The highest BCUT2D eigenvalue weighted by atomic mass is 16.5. The molecule has 1 saturated carbocycles. The van der Waals surface area contributed by atoms with Gasteiger partial charge in [-0.25, -0.2) is 14.5 Å². The summed E-state index contributed by atoms with van der Waals surface area (Å²) in [6.45, 7) is 1.37. The quantitative estimate of drug-likeness (QED) is 0.143. The molecule has 40 heavy (non-hydrogen) atoms. The van der Waals surface area contributed by atoms with E-state index in [0.717, 1.165) is 16.9 Å². The van der Waals surface area contributed by atoms with Crippen molar-refractivity contribution in [2.75, 3.05) is 11.5 Å². The van der Waals surface area contributed by atoms with Crippen LogP contribution < -0.4 is 9.64 Å². The maximum absolute atomic E-state index is 13.2. The van der Waals surface area contributed by atoms with Crippen molar-refractivity contribution in [3.8, 4) is 5.75 Å². The Hall–Kier alpha value is -4.85. The molecule has 1 aliphatic heterocycles. The van der Waals surface area contributed by atoms with Crippen LogP contribution in [0.5, 0.6) is 5.75 Å². The lowest BCUT2D eigenvalue weighted by molar-refractivity contribution is -0.123. The highest BCUT2D eigenvalue weighted by Crippen LogP contribution is 2.53. The number of ketones is 1. The second-order valence-corrected chi connectivity index (χ2v) is 10.3. The number of Topliss-reactive ketones (excluding diaryl/α,β-unsaturated/α-hetero) is 1. The van der Waals surface area contributed by atoms with E-state index in [2.05, 4.69) is 0 Å². The van der Waals surface area contributed by atoms with Crippen LogP contribution >= 0.6 is 0 Å². The van der Waals surface area contributed by atoms with Gasteiger partial charge >= 0.3 is 11.9 Å².